The van der Waals surface area contributed by atoms with Crippen molar-refractivity contribution in [3.63, 3.8) is 0 Å². The molecule has 0 unspecified atom stereocenters. The smallest absolute Gasteiger partial charge is 0.314 e. The molecule has 4 rings (SSSR count). The van der Waals surface area contributed by atoms with E-state index < -0.39 is 8.32 Å². The number of allylic oxidation sites excluding steroid dienone is 1. The van der Waals surface area contributed by atoms with Crippen molar-refractivity contribution in [3.8, 4) is 5.75 Å². The fourth-order valence-electron chi connectivity index (χ4n) is 5.22. The van der Waals surface area contributed by atoms with Crippen LogP contribution >= 0.6 is 0 Å². The van der Waals surface area contributed by atoms with Gasteiger partial charge in [-0.2, -0.15) is 0 Å². The van der Waals surface area contributed by atoms with E-state index in [0.717, 1.165) is 37.5 Å². The van der Waals surface area contributed by atoms with Gasteiger partial charge in [-0.1, -0.05) is 98.3 Å². The average Bonchev–Trinajstić information content (AvgIpc) is 2.86. The Kier molecular flexibility index (Phi) is 7.84. The lowest BCUT2D eigenvalue weighted by Gasteiger charge is -2.34. The van der Waals surface area contributed by atoms with E-state index in [1.807, 2.05) is 6.08 Å². The third-order valence-electron chi connectivity index (χ3n) is 6.83. The number of aliphatic hydroxyl groups is 1. The Morgan fingerprint density at radius 3 is 1.88 bits per heavy atom. The summed E-state index contributed by atoms with van der Waals surface area (Å²) in [6.07, 6.45) is 6.49. The number of hydrogen-bond acceptors (Lipinski definition) is 2. The van der Waals surface area contributed by atoms with E-state index in [4.69, 9.17) is 9.53 Å². The lowest BCUT2D eigenvalue weighted by Crippen LogP contribution is -2.63. The standard InChI is InChI=1S/C30H36O2Si/c1-24(2)23-33(29-9-5-3-6-10-29,30-11-7-4-8-12-30)32-28-19-17-27(18-20-28)26-15-13-25(14-16-26)21-22-31/h3-12,17-21,24,26,31H,13-16,22-23H2,1-2H3. The first-order valence-electron chi connectivity index (χ1n) is 12.3. The van der Waals surface area contributed by atoms with Crippen LogP contribution < -0.4 is 14.8 Å². The Morgan fingerprint density at radius 2 is 1.39 bits per heavy atom. The minimum absolute atomic E-state index is 0.164. The number of benzene rings is 3. The molecule has 0 atom stereocenters. The average molecular weight is 457 g/mol. The monoisotopic (exact) mass is 456 g/mol. The molecule has 1 saturated carbocycles. The summed E-state index contributed by atoms with van der Waals surface area (Å²) in [6.45, 7) is 4.75. The molecular formula is C30H36O2Si. The number of hydrogen-bond donors (Lipinski definition) is 1. The summed E-state index contributed by atoms with van der Waals surface area (Å²) in [5.41, 5.74) is 2.81. The van der Waals surface area contributed by atoms with Gasteiger partial charge >= 0.3 is 8.32 Å². The van der Waals surface area contributed by atoms with Crippen molar-refractivity contribution in [2.75, 3.05) is 6.61 Å². The fraction of sp³-hybridized carbons (Fsp3) is 0.333. The molecule has 3 aromatic carbocycles. The van der Waals surface area contributed by atoms with Crippen LogP contribution in [-0.4, -0.2) is 20.0 Å². The van der Waals surface area contributed by atoms with Gasteiger partial charge in [-0.3, -0.25) is 0 Å². The maximum Gasteiger partial charge on any atom is 0.314 e. The Bertz CT molecular complexity index is 976. The van der Waals surface area contributed by atoms with Crippen LogP contribution in [0.3, 0.4) is 0 Å². The van der Waals surface area contributed by atoms with E-state index in [2.05, 4.69) is 98.8 Å². The maximum atomic E-state index is 9.16. The van der Waals surface area contributed by atoms with Crippen molar-refractivity contribution in [2.24, 2.45) is 5.92 Å². The summed E-state index contributed by atoms with van der Waals surface area (Å²) in [5, 5.41) is 11.8. The van der Waals surface area contributed by atoms with Gasteiger partial charge in [-0.15, -0.1) is 0 Å². The van der Waals surface area contributed by atoms with Crippen molar-refractivity contribution in [1.82, 2.24) is 0 Å². The number of aliphatic hydroxyl groups excluding tert-OH is 1. The zero-order valence-electron chi connectivity index (χ0n) is 19.9. The van der Waals surface area contributed by atoms with Gasteiger partial charge in [-0.05, 0) is 71.6 Å². The molecule has 0 saturated heterocycles. The highest BCUT2D eigenvalue weighted by molar-refractivity contribution is 6.98. The van der Waals surface area contributed by atoms with Crippen LogP contribution in [0.5, 0.6) is 5.75 Å². The van der Waals surface area contributed by atoms with E-state index in [0.29, 0.717) is 11.8 Å². The quantitative estimate of drug-likeness (QED) is 0.330. The third-order valence-corrected chi connectivity index (χ3v) is 11.3. The Balaban J connectivity index is 1.62. The molecule has 172 valence electrons. The van der Waals surface area contributed by atoms with Crippen molar-refractivity contribution in [3.05, 3.63) is 102 Å². The summed E-state index contributed by atoms with van der Waals surface area (Å²) in [6, 6.07) is 31.6. The second-order valence-electron chi connectivity index (χ2n) is 9.65. The van der Waals surface area contributed by atoms with Gasteiger partial charge in [0.25, 0.3) is 0 Å². The van der Waals surface area contributed by atoms with Crippen LogP contribution in [0.2, 0.25) is 6.04 Å². The molecule has 0 bridgehead atoms. The molecule has 3 aromatic rings. The normalized spacial score (nSPS) is 16.6. The minimum Gasteiger partial charge on any atom is -0.535 e. The van der Waals surface area contributed by atoms with Crippen LogP contribution in [0.25, 0.3) is 0 Å². The van der Waals surface area contributed by atoms with Crippen LogP contribution in [0, 0.1) is 5.92 Å². The Hall–Kier alpha value is -2.62. The highest BCUT2D eigenvalue weighted by Gasteiger charge is 2.42. The van der Waals surface area contributed by atoms with E-state index in [9.17, 15) is 0 Å². The summed E-state index contributed by atoms with van der Waals surface area (Å²) < 4.78 is 7.08. The molecular weight excluding hydrogens is 420 g/mol. The molecule has 0 heterocycles. The Labute approximate surface area is 200 Å². The van der Waals surface area contributed by atoms with E-state index in [-0.39, 0.29) is 6.61 Å². The molecule has 3 heteroatoms. The van der Waals surface area contributed by atoms with Gasteiger partial charge in [0.2, 0.25) is 0 Å². The lowest BCUT2D eigenvalue weighted by molar-refractivity contribution is 0.339. The molecule has 0 amide bonds. The predicted octanol–water partition coefficient (Wildman–Crippen LogP) is 6.06. The van der Waals surface area contributed by atoms with E-state index in [1.54, 1.807) is 0 Å². The number of rotatable bonds is 8. The zero-order chi connectivity index (χ0) is 23.1. The zero-order valence-corrected chi connectivity index (χ0v) is 20.9. The van der Waals surface area contributed by atoms with Crippen molar-refractivity contribution in [1.29, 1.82) is 0 Å². The fourth-order valence-corrected chi connectivity index (χ4v) is 9.49. The minimum atomic E-state index is -2.46. The molecule has 1 aliphatic carbocycles. The van der Waals surface area contributed by atoms with Crippen LogP contribution in [0.15, 0.2) is 96.6 Å². The van der Waals surface area contributed by atoms with Crippen LogP contribution in [0.4, 0.5) is 0 Å². The van der Waals surface area contributed by atoms with Crippen LogP contribution in [0.1, 0.15) is 51.0 Å². The second-order valence-corrected chi connectivity index (χ2v) is 13.1. The van der Waals surface area contributed by atoms with Gasteiger partial charge in [0.15, 0.2) is 0 Å². The highest BCUT2D eigenvalue weighted by Crippen LogP contribution is 2.36. The predicted molar refractivity (Wildman–Crippen MR) is 141 cm³/mol. The largest absolute Gasteiger partial charge is 0.535 e. The summed E-state index contributed by atoms with van der Waals surface area (Å²) in [4.78, 5) is 0. The van der Waals surface area contributed by atoms with Gasteiger partial charge in [0.05, 0.1) is 6.61 Å². The van der Waals surface area contributed by atoms with Crippen molar-refractivity contribution >= 4 is 18.7 Å². The molecule has 0 radical (unpaired) electrons. The van der Waals surface area contributed by atoms with Crippen molar-refractivity contribution in [2.45, 2.75) is 51.5 Å². The van der Waals surface area contributed by atoms with Gasteiger partial charge in [0.1, 0.15) is 5.75 Å². The van der Waals surface area contributed by atoms with Crippen molar-refractivity contribution < 1.29 is 9.53 Å². The molecule has 0 spiro atoms. The summed E-state index contributed by atoms with van der Waals surface area (Å²) in [5.74, 6) is 2.09. The first-order valence-corrected chi connectivity index (χ1v) is 14.4. The first kappa shape index (κ1) is 23.5. The topological polar surface area (TPSA) is 29.5 Å². The van der Waals surface area contributed by atoms with Gasteiger partial charge in [-0.25, -0.2) is 0 Å². The second kappa shape index (κ2) is 11.0. The molecule has 1 fully saturated rings. The van der Waals surface area contributed by atoms with Gasteiger partial charge < -0.3 is 9.53 Å². The van der Waals surface area contributed by atoms with Gasteiger partial charge in [0, 0.05) is 0 Å². The molecule has 2 nitrogen and oxygen atoms in total. The van der Waals surface area contributed by atoms with E-state index in [1.165, 1.54) is 21.5 Å². The maximum absolute atomic E-state index is 9.16. The molecule has 0 aliphatic heterocycles. The van der Waals surface area contributed by atoms with Crippen LogP contribution in [-0.2, 0) is 0 Å². The SMILES string of the molecule is CC(C)C[Si](Oc1ccc(C2CCC(=CCO)CC2)cc1)(c1ccccc1)c1ccccc1. The lowest BCUT2D eigenvalue weighted by atomic mass is 9.81. The molecule has 1 aliphatic rings. The Morgan fingerprint density at radius 1 is 0.848 bits per heavy atom. The highest BCUT2D eigenvalue weighted by atomic mass is 28.4. The third kappa shape index (κ3) is 5.66. The molecule has 1 N–H and O–H groups in total. The molecule has 33 heavy (non-hydrogen) atoms. The summed E-state index contributed by atoms with van der Waals surface area (Å²) in [7, 11) is -2.46. The summed E-state index contributed by atoms with van der Waals surface area (Å²) >= 11 is 0. The first-order chi connectivity index (χ1) is 16.1. The molecule has 0 aromatic heterocycles. The van der Waals surface area contributed by atoms with E-state index >= 15 is 0 Å².